The lowest BCUT2D eigenvalue weighted by atomic mass is 10.2. The van der Waals surface area contributed by atoms with Crippen LogP contribution in [0.1, 0.15) is 18.4 Å². The van der Waals surface area contributed by atoms with E-state index in [1.165, 1.54) is 12.1 Å². The Morgan fingerprint density at radius 1 is 1.21 bits per heavy atom. The Bertz CT molecular complexity index is 985. The van der Waals surface area contributed by atoms with E-state index in [1.54, 1.807) is 24.3 Å². The van der Waals surface area contributed by atoms with Gasteiger partial charge in [-0.05, 0) is 43.7 Å². The summed E-state index contributed by atoms with van der Waals surface area (Å²) in [6, 6.07) is 13.4. The highest BCUT2D eigenvalue weighted by atomic mass is 32.2. The number of amides is 1. The van der Waals surface area contributed by atoms with Gasteiger partial charge in [-0.15, -0.1) is 4.40 Å². The molecule has 0 spiro atoms. The van der Waals surface area contributed by atoms with Crippen LogP contribution in [-0.4, -0.2) is 45.3 Å². The Morgan fingerprint density at radius 3 is 2.64 bits per heavy atom. The summed E-state index contributed by atoms with van der Waals surface area (Å²) in [7, 11) is -2.01. The van der Waals surface area contributed by atoms with Crippen molar-refractivity contribution < 1.29 is 17.9 Å². The maximum absolute atomic E-state index is 12.6. The van der Waals surface area contributed by atoms with Crippen molar-refractivity contribution in [3.05, 3.63) is 54.1 Å². The van der Waals surface area contributed by atoms with Gasteiger partial charge in [0.1, 0.15) is 11.6 Å². The molecule has 148 valence electrons. The Morgan fingerprint density at radius 2 is 1.96 bits per heavy atom. The smallest absolute Gasteiger partial charge is 0.284 e. The van der Waals surface area contributed by atoms with Crippen LogP contribution in [0.3, 0.4) is 0 Å². The maximum Gasteiger partial charge on any atom is 0.284 e. The van der Waals surface area contributed by atoms with Crippen LogP contribution in [-0.2, 0) is 14.8 Å². The van der Waals surface area contributed by atoms with Crippen molar-refractivity contribution in [1.29, 1.82) is 0 Å². The number of carbonyl (C=O) groups excluding carboxylic acids is 1. The first-order valence-electron chi connectivity index (χ1n) is 8.98. The van der Waals surface area contributed by atoms with Gasteiger partial charge < -0.3 is 15.0 Å². The Hall–Kier alpha value is -2.87. The summed E-state index contributed by atoms with van der Waals surface area (Å²) in [6.45, 7) is 2.59. The van der Waals surface area contributed by atoms with Crippen molar-refractivity contribution in [2.75, 3.05) is 25.5 Å². The second-order valence-corrected chi connectivity index (χ2v) is 8.29. The molecule has 2 aromatic carbocycles. The predicted octanol–water partition coefficient (Wildman–Crippen LogP) is 2.83. The SMILES string of the molecule is Cc1ccc(OCC(=O)Nc2cccc(S(=O)(=O)N=C3CCCN3C)c2)cc1. The van der Waals surface area contributed by atoms with Gasteiger partial charge in [0.05, 0.1) is 4.90 Å². The minimum Gasteiger partial charge on any atom is -0.484 e. The Balaban J connectivity index is 1.65. The number of likely N-dealkylation sites (tertiary alicyclic amines) is 1. The average molecular weight is 401 g/mol. The number of ether oxygens (including phenoxy) is 1. The van der Waals surface area contributed by atoms with Crippen LogP contribution in [0.25, 0.3) is 0 Å². The summed E-state index contributed by atoms with van der Waals surface area (Å²) in [6.07, 6.45) is 1.53. The summed E-state index contributed by atoms with van der Waals surface area (Å²) < 4.78 is 34.5. The van der Waals surface area contributed by atoms with Gasteiger partial charge in [0.2, 0.25) is 0 Å². The van der Waals surface area contributed by atoms with E-state index in [0.717, 1.165) is 18.5 Å². The van der Waals surface area contributed by atoms with Crippen LogP contribution < -0.4 is 10.1 Å². The summed E-state index contributed by atoms with van der Waals surface area (Å²) in [5.41, 5.74) is 1.47. The molecule has 1 aliphatic heterocycles. The average Bonchev–Trinajstić information content (AvgIpc) is 3.05. The molecule has 3 rings (SSSR count). The van der Waals surface area contributed by atoms with E-state index in [1.807, 2.05) is 31.0 Å². The van der Waals surface area contributed by atoms with Gasteiger partial charge in [0.25, 0.3) is 15.9 Å². The number of sulfonamides is 1. The molecule has 7 nitrogen and oxygen atoms in total. The van der Waals surface area contributed by atoms with Crippen LogP contribution >= 0.6 is 0 Å². The zero-order valence-corrected chi connectivity index (χ0v) is 16.7. The van der Waals surface area contributed by atoms with Crippen LogP contribution in [0.15, 0.2) is 57.8 Å². The molecule has 0 aliphatic carbocycles. The summed E-state index contributed by atoms with van der Waals surface area (Å²) in [5.74, 6) is 0.770. The second-order valence-electron chi connectivity index (χ2n) is 6.69. The lowest BCUT2D eigenvalue weighted by Gasteiger charge is -2.11. The van der Waals surface area contributed by atoms with Crippen molar-refractivity contribution >= 4 is 27.5 Å². The number of hydrogen-bond donors (Lipinski definition) is 1. The monoisotopic (exact) mass is 401 g/mol. The molecule has 1 N–H and O–H groups in total. The lowest BCUT2D eigenvalue weighted by molar-refractivity contribution is -0.118. The molecule has 1 fully saturated rings. The molecule has 1 amide bonds. The number of nitrogens with zero attached hydrogens (tertiary/aromatic N) is 2. The predicted molar refractivity (Wildman–Crippen MR) is 108 cm³/mol. The number of nitrogens with one attached hydrogen (secondary N) is 1. The summed E-state index contributed by atoms with van der Waals surface area (Å²) >= 11 is 0. The van der Waals surface area contributed by atoms with E-state index >= 15 is 0 Å². The van der Waals surface area contributed by atoms with Gasteiger partial charge in [-0.3, -0.25) is 4.79 Å². The molecular weight excluding hydrogens is 378 g/mol. The fourth-order valence-corrected chi connectivity index (χ4v) is 3.96. The van der Waals surface area contributed by atoms with E-state index in [0.29, 0.717) is 23.7 Å². The van der Waals surface area contributed by atoms with Crippen LogP contribution in [0.2, 0.25) is 0 Å². The molecule has 28 heavy (non-hydrogen) atoms. The third-order valence-corrected chi connectivity index (χ3v) is 5.67. The first-order valence-corrected chi connectivity index (χ1v) is 10.4. The van der Waals surface area contributed by atoms with Gasteiger partial charge >= 0.3 is 0 Å². The van der Waals surface area contributed by atoms with E-state index in [4.69, 9.17) is 4.74 Å². The van der Waals surface area contributed by atoms with Crippen molar-refractivity contribution in [3.63, 3.8) is 0 Å². The largest absolute Gasteiger partial charge is 0.484 e. The molecule has 1 heterocycles. The first-order chi connectivity index (χ1) is 13.3. The maximum atomic E-state index is 12.6. The van der Waals surface area contributed by atoms with Crippen molar-refractivity contribution in [1.82, 2.24) is 4.90 Å². The molecule has 0 aromatic heterocycles. The topological polar surface area (TPSA) is 88.1 Å². The molecule has 2 aromatic rings. The van der Waals surface area contributed by atoms with Crippen molar-refractivity contribution in [2.24, 2.45) is 4.40 Å². The summed E-state index contributed by atoms with van der Waals surface area (Å²) in [4.78, 5) is 14.0. The molecule has 0 bridgehead atoms. The standard InChI is InChI=1S/C20H23N3O4S/c1-15-8-10-17(11-9-15)27-14-20(24)21-16-5-3-6-18(13-16)28(25,26)22-19-7-4-12-23(19)2/h3,5-6,8-11,13H,4,7,12,14H2,1-2H3,(H,21,24). The molecule has 1 aliphatic rings. The molecular formula is C20H23N3O4S. The molecule has 0 atom stereocenters. The number of aryl methyl sites for hydroxylation is 1. The van der Waals surface area contributed by atoms with E-state index in [9.17, 15) is 13.2 Å². The fourth-order valence-electron chi connectivity index (χ4n) is 2.82. The molecule has 1 saturated heterocycles. The minimum absolute atomic E-state index is 0.0394. The molecule has 0 unspecified atom stereocenters. The van der Waals surface area contributed by atoms with Gasteiger partial charge in [-0.2, -0.15) is 8.42 Å². The van der Waals surface area contributed by atoms with Gasteiger partial charge in [-0.25, -0.2) is 0 Å². The number of rotatable bonds is 6. The third-order valence-electron chi connectivity index (χ3n) is 4.37. The van der Waals surface area contributed by atoms with Gasteiger partial charge in [0.15, 0.2) is 6.61 Å². The molecule has 0 radical (unpaired) electrons. The van der Waals surface area contributed by atoms with Crippen molar-refractivity contribution in [2.45, 2.75) is 24.7 Å². The van der Waals surface area contributed by atoms with Gasteiger partial charge in [-0.1, -0.05) is 23.8 Å². The summed E-state index contributed by atoms with van der Waals surface area (Å²) in [5, 5.41) is 2.65. The van der Waals surface area contributed by atoms with E-state index in [2.05, 4.69) is 9.71 Å². The highest BCUT2D eigenvalue weighted by Gasteiger charge is 2.20. The minimum atomic E-state index is -3.83. The Kier molecular flexibility index (Phi) is 5.99. The fraction of sp³-hybridized carbons (Fsp3) is 0.300. The second kappa shape index (κ2) is 8.43. The van der Waals surface area contributed by atoms with Crippen molar-refractivity contribution in [3.8, 4) is 5.75 Å². The first kappa shape index (κ1) is 19.9. The van der Waals surface area contributed by atoms with Crippen LogP contribution in [0.4, 0.5) is 5.69 Å². The van der Waals surface area contributed by atoms with Crippen LogP contribution in [0.5, 0.6) is 5.75 Å². The normalized spacial score (nSPS) is 15.6. The number of anilines is 1. The number of benzene rings is 2. The number of amidine groups is 1. The Labute approximate surface area is 165 Å². The number of hydrogen-bond acceptors (Lipinski definition) is 4. The van der Waals surface area contributed by atoms with E-state index < -0.39 is 10.0 Å². The van der Waals surface area contributed by atoms with Crippen LogP contribution in [0, 0.1) is 6.92 Å². The third kappa shape index (κ3) is 5.10. The zero-order chi connectivity index (χ0) is 20.1. The lowest BCUT2D eigenvalue weighted by Crippen LogP contribution is -2.21. The molecule has 8 heteroatoms. The van der Waals surface area contributed by atoms with E-state index in [-0.39, 0.29) is 17.4 Å². The van der Waals surface area contributed by atoms with Gasteiger partial charge in [0, 0.05) is 25.7 Å². The highest BCUT2D eigenvalue weighted by Crippen LogP contribution is 2.20. The zero-order valence-electron chi connectivity index (χ0n) is 15.9. The highest BCUT2D eigenvalue weighted by molar-refractivity contribution is 7.90. The molecule has 0 saturated carbocycles. The number of carbonyl (C=O) groups is 1. The quantitative estimate of drug-likeness (QED) is 0.804.